The molecule has 1 saturated heterocycles. The van der Waals surface area contributed by atoms with Gasteiger partial charge in [0.1, 0.15) is 17.9 Å². The second-order valence-corrected chi connectivity index (χ2v) is 6.86. The zero-order valence-corrected chi connectivity index (χ0v) is 16.0. The van der Waals surface area contributed by atoms with Crippen molar-refractivity contribution < 1.29 is 9.53 Å². The van der Waals surface area contributed by atoms with Crippen molar-refractivity contribution in [2.45, 2.75) is 18.9 Å². The van der Waals surface area contributed by atoms with E-state index in [1.165, 1.54) is 12.4 Å². The van der Waals surface area contributed by atoms with Crippen LogP contribution in [0, 0.1) is 11.3 Å². The summed E-state index contributed by atoms with van der Waals surface area (Å²) in [6.07, 6.45) is 4.30. The van der Waals surface area contributed by atoms with Crippen LogP contribution in [-0.4, -0.2) is 49.7 Å². The number of carbonyl (C=O) groups excluding carboxylic acids is 1. The van der Waals surface area contributed by atoms with Crippen LogP contribution in [0.5, 0.6) is 5.88 Å². The van der Waals surface area contributed by atoms with Crippen LogP contribution in [0.4, 0.5) is 0 Å². The van der Waals surface area contributed by atoms with E-state index in [2.05, 4.69) is 15.1 Å². The quantitative estimate of drug-likeness (QED) is 0.681. The average molecular weight is 388 g/mol. The molecule has 1 unspecified atom stereocenters. The SMILES string of the molecule is Cn1nc(-c2ccccc2)cc1C(=O)N1CCCC(Oc2nccnc2C#N)C1. The van der Waals surface area contributed by atoms with Gasteiger partial charge in [-0.15, -0.1) is 0 Å². The first-order valence-electron chi connectivity index (χ1n) is 9.42. The lowest BCUT2D eigenvalue weighted by Gasteiger charge is -2.32. The number of hydrogen-bond donors (Lipinski definition) is 0. The highest BCUT2D eigenvalue weighted by Gasteiger charge is 2.28. The number of piperidine rings is 1. The molecular formula is C21H20N6O2. The lowest BCUT2D eigenvalue weighted by molar-refractivity contribution is 0.0516. The molecule has 4 rings (SSSR count). The van der Waals surface area contributed by atoms with Gasteiger partial charge in [0, 0.05) is 31.5 Å². The number of nitriles is 1. The van der Waals surface area contributed by atoms with E-state index in [9.17, 15) is 4.79 Å². The minimum Gasteiger partial charge on any atom is -0.470 e. The topological polar surface area (TPSA) is 96.9 Å². The molecule has 3 aromatic rings. The van der Waals surface area contributed by atoms with E-state index in [4.69, 9.17) is 10.00 Å². The van der Waals surface area contributed by atoms with Gasteiger partial charge in [0.05, 0.1) is 12.2 Å². The maximum Gasteiger partial charge on any atom is 0.272 e. The Balaban J connectivity index is 1.49. The van der Waals surface area contributed by atoms with E-state index in [0.717, 1.165) is 24.1 Å². The largest absolute Gasteiger partial charge is 0.470 e. The molecule has 1 fully saturated rings. The van der Waals surface area contributed by atoms with Crippen LogP contribution in [0.25, 0.3) is 11.3 Å². The van der Waals surface area contributed by atoms with Gasteiger partial charge in [-0.1, -0.05) is 30.3 Å². The third-order valence-electron chi connectivity index (χ3n) is 4.88. The Morgan fingerprint density at radius 2 is 2.03 bits per heavy atom. The molecule has 8 heteroatoms. The lowest BCUT2D eigenvalue weighted by Crippen LogP contribution is -2.45. The highest BCUT2D eigenvalue weighted by molar-refractivity contribution is 5.93. The minimum atomic E-state index is -0.238. The molecule has 0 N–H and O–H groups in total. The number of aromatic nitrogens is 4. The standard InChI is InChI=1S/C21H20N6O2/c1-26-19(12-17(25-26)15-6-3-2-4-7-15)21(28)27-11-5-8-16(14-27)29-20-18(13-22)23-9-10-24-20/h2-4,6-7,9-10,12,16H,5,8,11,14H2,1H3. The van der Waals surface area contributed by atoms with Crippen molar-refractivity contribution in [2.75, 3.05) is 13.1 Å². The van der Waals surface area contributed by atoms with E-state index in [0.29, 0.717) is 18.8 Å². The fourth-order valence-electron chi connectivity index (χ4n) is 3.44. The highest BCUT2D eigenvalue weighted by atomic mass is 16.5. The van der Waals surface area contributed by atoms with E-state index in [1.54, 1.807) is 16.6 Å². The van der Waals surface area contributed by atoms with Gasteiger partial charge in [0.2, 0.25) is 5.69 Å². The second kappa shape index (κ2) is 8.10. The lowest BCUT2D eigenvalue weighted by atomic mass is 10.1. The zero-order valence-electron chi connectivity index (χ0n) is 16.0. The number of nitrogens with zero attached hydrogens (tertiary/aromatic N) is 6. The van der Waals surface area contributed by atoms with Crippen molar-refractivity contribution in [1.29, 1.82) is 5.26 Å². The molecular weight excluding hydrogens is 368 g/mol. The van der Waals surface area contributed by atoms with Gasteiger partial charge in [-0.05, 0) is 18.9 Å². The fraction of sp³-hybridized carbons (Fsp3) is 0.286. The number of benzene rings is 1. The summed E-state index contributed by atoms with van der Waals surface area (Å²) in [5.41, 5.74) is 2.41. The number of amides is 1. The van der Waals surface area contributed by atoms with Crippen LogP contribution < -0.4 is 4.74 Å². The third-order valence-corrected chi connectivity index (χ3v) is 4.88. The maximum absolute atomic E-state index is 13.1. The van der Waals surface area contributed by atoms with Crippen LogP contribution in [-0.2, 0) is 7.05 Å². The molecule has 0 saturated carbocycles. The van der Waals surface area contributed by atoms with Gasteiger partial charge < -0.3 is 9.64 Å². The number of rotatable bonds is 4. The summed E-state index contributed by atoms with van der Waals surface area (Å²) < 4.78 is 7.50. The van der Waals surface area contributed by atoms with Crippen molar-refractivity contribution in [3.05, 3.63) is 60.2 Å². The first-order chi connectivity index (χ1) is 14.2. The molecule has 1 aliphatic rings. The Hall–Kier alpha value is -3.73. The number of aryl methyl sites for hydroxylation is 1. The maximum atomic E-state index is 13.1. The third kappa shape index (κ3) is 3.94. The van der Waals surface area contributed by atoms with Crippen LogP contribution in [0.1, 0.15) is 29.0 Å². The predicted octanol–water partition coefficient (Wildman–Crippen LogP) is 2.43. The minimum absolute atomic E-state index is 0.0878. The van der Waals surface area contributed by atoms with Gasteiger partial charge in [-0.2, -0.15) is 10.4 Å². The first-order valence-corrected chi connectivity index (χ1v) is 9.42. The van der Waals surface area contributed by atoms with Crippen molar-refractivity contribution >= 4 is 5.91 Å². The summed E-state index contributed by atoms with van der Waals surface area (Å²) in [5, 5.41) is 13.6. The number of carbonyl (C=O) groups is 1. The molecule has 1 aromatic carbocycles. The Labute approximate surface area is 168 Å². The predicted molar refractivity (Wildman–Crippen MR) is 105 cm³/mol. The van der Waals surface area contributed by atoms with Crippen LogP contribution in [0.3, 0.4) is 0 Å². The second-order valence-electron chi connectivity index (χ2n) is 6.86. The summed E-state index contributed by atoms with van der Waals surface area (Å²) in [7, 11) is 1.77. The van der Waals surface area contributed by atoms with E-state index >= 15 is 0 Å². The molecule has 29 heavy (non-hydrogen) atoms. The highest BCUT2D eigenvalue weighted by Crippen LogP contribution is 2.22. The monoisotopic (exact) mass is 388 g/mol. The number of hydrogen-bond acceptors (Lipinski definition) is 6. The summed E-state index contributed by atoms with van der Waals surface area (Å²) in [6.45, 7) is 1.07. The van der Waals surface area contributed by atoms with Gasteiger partial charge in [-0.25, -0.2) is 9.97 Å². The summed E-state index contributed by atoms with van der Waals surface area (Å²) >= 11 is 0. The molecule has 1 aliphatic heterocycles. The van der Waals surface area contributed by atoms with Gasteiger partial charge in [-0.3, -0.25) is 9.48 Å². The Kier molecular flexibility index (Phi) is 5.20. The van der Waals surface area contributed by atoms with Crippen LogP contribution in [0.15, 0.2) is 48.8 Å². The summed E-state index contributed by atoms with van der Waals surface area (Å²) in [4.78, 5) is 22.9. The average Bonchev–Trinajstić information content (AvgIpc) is 3.16. The van der Waals surface area contributed by atoms with Gasteiger partial charge in [0.25, 0.3) is 11.8 Å². The van der Waals surface area contributed by atoms with Crippen molar-refractivity contribution in [2.24, 2.45) is 7.05 Å². The fourth-order valence-corrected chi connectivity index (χ4v) is 3.44. The normalized spacial score (nSPS) is 16.3. The van der Waals surface area contributed by atoms with Gasteiger partial charge in [0.15, 0.2) is 0 Å². The summed E-state index contributed by atoms with van der Waals surface area (Å²) in [5.74, 6) is 0.122. The smallest absolute Gasteiger partial charge is 0.272 e. The Morgan fingerprint density at radius 1 is 1.24 bits per heavy atom. The molecule has 1 amide bonds. The van der Waals surface area contributed by atoms with Gasteiger partial charge >= 0.3 is 0 Å². The number of likely N-dealkylation sites (tertiary alicyclic amines) is 1. The first kappa shape index (κ1) is 18.6. The van der Waals surface area contributed by atoms with Crippen molar-refractivity contribution in [3.63, 3.8) is 0 Å². The van der Waals surface area contributed by atoms with E-state index in [-0.39, 0.29) is 23.6 Å². The molecule has 0 spiro atoms. The number of ether oxygens (including phenoxy) is 1. The molecule has 3 heterocycles. The molecule has 146 valence electrons. The van der Waals surface area contributed by atoms with Crippen molar-refractivity contribution in [1.82, 2.24) is 24.6 Å². The van der Waals surface area contributed by atoms with Crippen molar-refractivity contribution in [3.8, 4) is 23.2 Å². The molecule has 0 radical (unpaired) electrons. The van der Waals surface area contributed by atoms with E-state index < -0.39 is 0 Å². The Bertz CT molecular complexity index is 1060. The molecule has 1 atom stereocenters. The molecule has 0 aliphatic carbocycles. The zero-order chi connectivity index (χ0) is 20.2. The molecule has 2 aromatic heterocycles. The molecule has 8 nitrogen and oxygen atoms in total. The summed E-state index contributed by atoms with van der Waals surface area (Å²) in [6, 6.07) is 13.6. The molecule has 0 bridgehead atoms. The van der Waals surface area contributed by atoms with E-state index in [1.807, 2.05) is 42.5 Å². The van der Waals surface area contributed by atoms with Crippen LogP contribution in [0.2, 0.25) is 0 Å². The van der Waals surface area contributed by atoms with Crippen LogP contribution >= 0.6 is 0 Å². The Morgan fingerprint density at radius 3 is 2.83 bits per heavy atom.